The van der Waals surface area contributed by atoms with Crippen molar-refractivity contribution in [3.05, 3.63) is 35.9 Å². The molecular formula is C23H37Cl2N3O. The van der Waals surface area contributed by atoms with E-state index in [1.165, 1.54) is 31.2 Å². The third-order valence-electron chi connectivity index (χ3n) is 6.87. The quantitative estimate of drug-likeness (QED) is 0.720. The maximum atomic E-state index is 12.8. The van der Waals surface area contributed by atoms with Crippen LogP contribution in [0.15, 0.2) is 30.3 Å². The van der Waals surface area contributed by atoms with Gasteiger partial charge in [0, 0.05) is 44.7 Å². The van der Waals surface area contributed by atoms with Crippen LogP contribution < -0.4 is 5.32 Å². The molecule has 1 aromatic rings. The number of hydrogen-bond acceptors (Lipinski definition) is 3. The number of hydrogen-bond donors (Lipinski definition) is 1. The molecule has 29 heavy (non-hydrogen) atoms. The largest absolute Gasteiger partial charge is 0.343 e. The summed E-state index contributed by atoms with van der Waals surface area (Å²) in [6.07, 6.45) is 8.15. The predicted octanol–water partition coefficient (Wildman–Crippen LogP) is 4.12. The van der Waals surface area contributed by atoms with Gasteiger partial charge in [-0.05, 0) is 63.0 Å². The second-order valence-electron chi connectivity index (χ2n) is 9.19. The van der Waals surface area contributed by atoms with Gasteiger partial charge in [-0.3, -0.25) is 4.79 Å². The van der Waals surface area contributed by atoms with Crippen molar-refractivity contribution in [2.75, 3.05) is 26.7 Å². The van der Waals surface area contributed by atoms with Gasteiger partial charge in [0.2, 0.25) is 5.91 Å². The maximum absolute atomic E-state index is 12.8. The van der Waals surface area contributed by atoms with Gasteiger partial charge >= 0.3 is 0 Å². The Balaban J connectivity index is 0.00000150. The number of halogens is 2. The zero-order chi connectivity index (χ0) is 18.6. The fourth-order valence-electron chi connectivity index (χ4n) is 5.48. The third kappa shape index (κ3) is 6.85. The van der Waals surface area contributed by atoms with Crippen molar-refractivity contribution in [3.8, 4) is 0 Å². The highest BCUT2D eigenvalue weighted by molar-refractivity contribution is 5.85. The Morgan fingerprint density at radius 1 is 1.00 bits per heavy atom. The van der Waals surface area contributed by atoms with Crippen LogP contribution in [0.25, 0.3) is 0 Å². The molecule has 3 saturated heterocycles. The molecular weight excluding hydrogens is 405 g/mol. The minimum Gasteiger partial charge on any atom is -0.343 e. The van der Waals surface area contributed by atoms with Gasteiger partial charge in [-0.15, -0.1) is 24.8 Å². The van der Waals surface area contributed by atoms with E-state index in [9.17, 15) is 4.79 Å². The van der Waals surface area contributed by atoms with Crippen molar-refractivity contribution in [1.29, 1.82) is 0 Å². The average molecular weight is 442 g/mol. The van der Waals surface area contributed by atoms with Crippen LogP contribution in [-0.4, -0.2) is 54.5 Å². The molecule has 1 aromatic carbocycles. The summed E-state index contributed by atoms with van der Waals surface area (Å²) in [5, 5.41) is 3.68. The number of benzene rings is 1. The second-order valence-corrected chi connectivity index (χ2v) is 9.19. The fraction of sp³-hybridized carbons (Fsp3) is 0.696. The molecule has 0 aliphatic carbocycles. The Morgan fingerprint density at radius 3 is 2.24 bits per heavy atom. The fourth-order valence-corrected chi connectivity index (χ4v) is 5.48. The highest BCUT2D eigenvalue weighted by Crippen LogP contribution is 2.33. The number of nitrogens with one attached hydrogen (secondary N) is 1. The van der Waals surface area contributed by atoms with Crippen LogP contribution in [0.1, 0.15) is 50.5 Å². The molecule has 0 saturated carbocycles. The van der Waals surface area contributed by atoms with Crippen molar-refractivity contribution < 1.29 is 4.79 Å². The Labute approximate surface area is 188 Å². The highest BCUT2D eigenvalue weighted by Gasteiger charge is 2.35. The smallest absolute Gasteiger partial charge is 0.222 e. The first-order valence-electron chi connectivity index (χ1n) is 10.9. The van der Waals surface area contributed by atoms with Crippen molar-refractivity contribution in [2.24, 2.45) is 11.8 Å². The van der Waals surface area contributed by atoms with E-state index in [0.717, 1.165) is 51.4 Å². The molecule has 6 heteroatoms. The molecule has 3 fully saturated rings. The van der Waals surface area contributed by atoms with E-state index >= 15 is 0 Å². The van der Waals surface area contributed by atoms with E-state index in [2.05, 4.69) is 52.5 Å². The van der Waals surface area contributed by atoms with Crippen LogP contribution in [0.2, 0.25) is 0 Å². The van der Waals surface area contributed by atoms with Crippen molar-refractivity contribution >= 4 is 30.7 Å². The number of carbonyl (C=O) groups is 1. The zero-order valence-corrected chi connectivity index (χ0v) is 19.2. The van der Waals surface area contributed by atoms with Gasteiger partial charge in [-0.2, -0.15) is 0 Å². The van der Waals surface area contributed by atoms with Crippen molar-refractivity contribution in [2.45, 2.75) is 63.6 Å². The van der Waals surface area contributed by atoms with Crippen LogP contribution in [0.5, 0.6) is 0 Å². The minimum atomic E-state index is 0. The lowest BCUT2D eigenvalue weighted by molar-refractivity contribution is -0.134. The molecule has 1 N–H and O–H groups in total. The Morgan fingerprint density at radius 2 is 1.62 bits per heavy atom. The van der Waals surface area contributed by atoms with Gasteiger partial charge in [0.1, 0.15) is 0 Å². The van der Waals surface area contributed by atoms with Gasteiger partial charge in [0.25, 0.3) is 0 Å². The Kier molecular flexibility index (Phi) is 9.74. The summed E-state index contributed by atoms with van der Waals surface area (Å²) in [7, 11) is 2.22. The molecule has 4 rings (SSSR count). The lowest BCUT2D eigenvalue weighted by Gasteiger charge is -2.35. The number of piperidine rings is 2. The van der Waals surface area contributed by atoms with Crippen LogP contribution in [0, 0.1) is 11.8 Å². The molecule has 1 amide bonds. The normalized spacial score (nSPS) is 26.7. The van der Waals surface area contributed by atoms with Crippen molar-refractivity contribution in [1.82, 2.24) is 15.1 Å². The molecule has 3 heterocycles. The van der Waals surface area contributed by atoms with Gasteiger partial charge in [-0.1, -0.05) is 30.3 Å². The van der Waals surface area contributed by atoms with E-state index < -0.39 is 0 Å². The van der Waals surface area contributed by atoms with Crippen LogP contribution in [-0.2, 0) is 11.3 Å². The number of fused-ring (bicyclic) bond motifs is 2. The number of rotatable bonds is 6. The molecule has 0 radical (unpaired) electrons. The first-order chi connectivity index (χ1) is 13.2. The molecule has 3 aliphatic heterocycles. The first kappa shape index (κ1) is 24.5. The van der Waals surface area contributed by atoms with Crippen LogP contribution in [0.4, 0.5) is 0 Å². The SMILES string of the molecule is CN(Cc1ccccc1)CC1CCN(C(=O)CC2CC3CCC(C2)N3)CC1.Cl.Cl. The minimum absolute atomic E-state index is 0. The van der Waals surface area contributed by atoms with Gasteiger partial charge in [0.05, 0.1) is 0 Å². The van der Waals surface area contributed by atoms with E-state index in [4.69, 9.17) is 0 Å². The average Bonchev–Trinajstić information content (AvgIpc) is 3.01. The lowest BCUT2D eigenvalue weighted by atomic mass is 9.88. The summed E-state index contributed by atoms with van der Waals surface area (Å²) in [5.41, 5.74) is 1.38. The number of amides is 1. The summed E-state index contributed by atoms with van der Waals surface area (Å²) in [6, 6.07) is 12.1. The Bertz CT molecular complexity index is 610. The molecule has 3 aliphatic rings. The standard InChI is InChI=1S/C23H35N3O.2ClH/c1-25(16-18-5-3-2-4-6-18)17-19-9-11-26(12-10-19)23(27)15-20-13-21-7-8-22(14-20)24-21;;/h2-6,19-22,24H,7-17H2,1H3;2*1H. The maximum Gasteiger partial charge on any atom is 0.222 e. The number of likely N-dealkylation sites (tertiary alicyclic amines) is 1. The zero-order valence-electron chi connectivity index (χ0n) is 17.6. The molecule has 0 aromatic heterocycles. The van der Waals surface area contributed by atoms with E-state index in [1.54, 1.807) is 0 Å². The summed E-state index contributed by atoms with van der Waals surface area (Å²) >= 11 is 0. The molecule has 164 valence electrons. The predicted molar refractivity (Wildman–Crippen MR) is 124 cm³/mol. The number of nitrogens with zero attached hydrogens (tertiary/aromatic N) is 2. The summed E-state index contributed by atoms with van der Waals surface area (Å²) in [6.45, 7) is 4.06. The van der Waals surface area contributed by atoms with Crippen LogP contribution in [0.3, 0.4) is 0 Å². The third-order valence-corrected chi connectivity index (χ3v) is 6.87. The topological polar surface area (TPSA) is 35.6 Å². The highest BCUT2D eigenvalue weighted by atomic mass is 35.5. The summed E-state index contributed by atoms with van der Waals surface area (Å²) in [4.78, 5) is 17.3. The molecule has 2 unspecified atom stereocenters. The van der Waals surface area contributed by atoms with Gasteiger partial charge < -0.3 is 15.1 Å². The first-order valence-corrected chi connectivity index (χ1v) is 10.9. The summed E-state index contributed by atoms with van der Waals surface area (Å²) < 4.78 is 0. The van der Waals surface area contributed by atoms with Gasteiger partial charge in [0.15, 0.2) is 0 Å². The molecule has 2 bridgehead atoms. The number of carbonyl (C=O) groups excluding carboxylic acids is 1. The molecule has 0 spiro atoms. The lowest BCUT2D eigenvalue weighted by Crippen LogP contribution is -2.43. The van der Waals surface area contributed by atoms with E-state index in [-0.39, 0.29) is 24.8 Å². The summed E-state index contributed by atoms with van der Waals surface area (Å²) in [5.74, 6) is 1.75. The van der Waals surface area contributed by atoms with Crippen molar-refractivity contribution in [3.63, 3.8) is 0 Å². The monoisotopic (exact) mass is 441 g/mol. The molecule has 4 nitrogen and oxygen atoms in total. The van der Waals surface area contributed by atoms with Crippen LogP contribution >= 0.6 is 24.8 Å². The van der Waals surface area contributed by atoms with Gasteiger partial charge in [-0.25, -0.2) is 0 Å². The van der Waals surface area contributed by atoms with E-state index in [1.807, 2.05) is 0 Å². The van der Waals surface area contributed by atoms with E-state index in [0.29, 0.717) is 23.9 Å². The molecule has 2 atom stereocenters. The Hall–Kier alpha value is -0.810. The second kappa shape index (κ2) is 11.5.